The van der Waals surface area contributed by atoms with Crippen LogP contribution >= 0.6 is 0 Å². The molecular weight excluding hydrogens is 612 g/mol. The van der Waals surface area contributed by atoms with E-state index in [1.165, 1.54) is 30.5 Å². The third-order valence-corrected chi connectivity index (χ3v) is 11.3. The number of nitrogens with one attached hydrogen (secondary N) is 1. The largest absolute Gasteiger partial charge is 0.507 e. The highest BCUT2D eigenvalue weighted by molar-refractivity contribution is 6.03. The highest BCUT2D eigenvalue weighted by atomic mass is 19.3. The van der Waals surface area contributed by atoms with Gasteiger partial charge in [-0.05, 0) is 62.2 Å². The van der Waals surface area contributed by atoms with Crippen LogP contribution in [0.3, 0.4) is 0 Å². The molecule has 1 aliphatic carbocycles. The molecule has 2 bridgehead atoms. The number of ether oxygens (including phenoxy) is 1. The van der Waals surface area contributed by atoms with Crippen LogP contribution in [-0.4, -0.2) is 81.3 Å². The SMILES string of the molecule is C#Cc1c(F)ccc2c(-c3ncc4c(N5C[C@H]6CC[C@@H](C5)N6)nc(OC[C@@]56CCCN5C[C@]5(CC5(F)F)C6)nc4c3F)c(O)ccc12. The standard InChI is InChI=1S/C35H32F4N6O2/c1-2-21-22-7-9-26(46)27(23(22)6-8-25(21)36)30-28(37)29-24(12-40-30)31(44-13-19-4-5-20(14-44)41-19)43-32(42-29)47-18-34-10-3-11-45(34)17-33(15-34)16-35(33,38)39/h1,6-9,12,19-20,41,46H,3-5,10-11,13-18H2/t19-,20+,33-,34+/m1/s1. The molecule has 6 heterocycles. The lowest BCUT2D eigenvalue weighted by Gasteiger charge is -2.34. The summed E-state index contributed by atoms with van der Waals surface area (Å²) in [6.45, 7) is 2.52. The van der Waals surface area contributed by atoms with Gasteiger partial charge in [-0.15, -0.1) is 6.42 Å². The highest BCUT2D eigenvalue weighted by Gasteiger charge is 2.77. The molecule has 0 amide bonds. The number of fused-ring (bicyclic) bond motifs is 5. The first-order chi connectivity index (χ1) is 22.6. The third-order valence-electron chi connectivity index (χ3n) is 11.3. The number of phenolic OH excluding ortho intramolecular Hbond substituents is 1. The Hall–Kier alpha value is -4.21. The van der Waals surface area contributed by atoms with Gasteiger partial charge in [-0.2, -0.15) is 9.97 Å². The van der Waals surface area contributed by atoms with E-state index < -0.39 is 28.5 Å². The minimum atomic E-state index is -2.66. The number of halogens is 4. The molecule has 4 atom stereocenters. The molecule has 0 radical (unpaired) electrons. The predicted molar refractivity (Wildman–Crippen MR) is 168 cm³/mol. The average molecular weight is 645 g/mol. The maximum atomic E-state index is 16.8. The molecule has 5 fully saturated rings. The fraction of sp³-hybridized carbons (Fsp3) is 0.457. The van der Waals surface area contributed by atoms with Gasteiger partial charge in [0.25, 0.3) is 5.92 Å². The molecule has 0 unspecified atom stereocenters. The van der Waals surface area contributed by atoms with Crippen molar-refractivity contribution in [3.8, 4) is 35.4 Å². The molecule has 2 aromatic heterocycles. The zero-order valence-corrected chi connectivity index (χ0v) is 25.5. The number of alkyl halides is 2. The summed E-state index contributed by atoms with van der Waals surface area (Å²) >= 11 is 0. The van der Waals surface area contributed by atoms with E-state index in [9.17, 15) is 18.3 Å². The zero-order valence-electron chi connectivity index (χ0n) is 25.5. The number of terminal acetylenes is 1. The van der Waals surface area contributed by atoms with Crippen LogP contribution in [0.15, 0.2) is 30.5 Å². The van der Waals surface area contributed by atoms with E-state index in [4.69, 9.17) is 16.1 Å². The molecule has 8 nitrogen and oxygen atoms in total. The van der Waals surface area contributed by atoms with Crippen molar-refractivity contribution in [1.82, 2.24) is 25.2 Å². The molecule has 242 valence electrons. The number of hydrogen-bond donors (Lipinski definition) is 2. The van der Waals surface area contributed by atoms with Gasteiger partial charge in [0.2, 0.25) is 0 Å². The van der Waals surface area contributed by atoms with Gasteiger partial charge in [-0.3, -0.25) is 9.88 Å². The Balaban J connectivity index is 1.16. The predicted octanol–water partition coefficient (Wildman–Crippen LogP) is 5.39. The summed E-state index contributed by atoms with van der Waals surface area (Å²) in [4.78, 5) is 18.0. The number of anilines is 1. The van der Waals surface area contributed by atoms with E-state index in [2.05, 4.69) is 31.0 Å². The Morgan fingerprint density at radius 2 is 1.81 bits per heavy atom. The molecule has 1 spiro atoms. The van der Waals surface area contributed by atoms with Crippen molar-refractivity contribution in [3.05, 3.63) is 47.7 Å². The third kappa shape index (κ3) is 4.25. The van der Waals surface area contributed by atoms with Crippen molar-refractivity contribution in [1.29, 1.82) is 0 Å². The van der Waals surface area contributed by atoms with Crippen LogP contribution in [-0.2, 0) is 0 Å². The maximum absolute atomic E-state index is 16.8. The fourth-order valence-corrected chi connectivity index (χ4v) is 8.88. The Morgan fingerprint density at radius 3 is 2.55 bits per heavy atom. The van der Waals surface area contributed by atoms with Crippen molar-refractivity contribution in [2.75, 3.05) is 37.7 Å². The molecule has 1 saturated carbocycles. The highest BCUT2D eigenvalue weighted by Crippen LogP contribution is 2.69. The van der Waals surface area contributed by atoms with Gasteiger partial charge in [0.1, 0.15) is 35.2 Å². The van der Waals surface area contributed by atoms with Gasteiger partial charge in [-0.25, -0.2) is 17.6 Å². The van der Waals surface area contributed by atoms with Crippen molar-refractivity contribution < 1.29 is 27.4 Å². The van der Waals surface area contributed by atoms with Crippen LogP contribution in [0.4, 0.5) is 23.4 Å². The molecule has 2 aromatic carbocycles. The minimum absolute atomic E-state index is 0.00318. The minimum Gasteiger partial charge on any atom is -0.507 e. The van der Waals surface area contributed by atoms with Crippen molar-refractivity contribution >= 4 is 27.5 Å². The first-order valence-corrected chi connectivity index (χ1v) is 16.1. The summed E-state index contributed by atoms with van der Waals surface area (Å²) < 4.78 is 66.5. The van der Waals surface area contributed by atoms with Crippen LogP contribution in [0.25, 0.3) is 32.9 Å². The van der Waals surface area contributed by atoms with Crippen LogP contribution in [0, 0.1) is 29.4 Å². The smallest absolute Gasteiger partial charge is 0.319 e. The number of pyridine rings is 1. The second-order valence-electron chi connectivity index (χ2n) is 14.1. The number of nitrogens with zero attached hydrogens (tertiary/aromatic N) is 5. The van der Waals surface area contributed by atoms with E-state index in [1.807, 2.05) is 0 Å². The van der Waals surface area contributed by atoms with Crippen molar-refractivity contribution in [2.24, 2.45) is 5.41 Å². The molecule has 5 aliphatic rings. The Bertz CT molecular complexity index is 2020. The Kier molecular flexibility index (Phi) is 6.10. The average Bonchev–Trinajstić information content (AvgIpc) is 3.38. The molecule has 4 aromatic rings. The summed E-state index contributed by atoms with van der Waals surface area (Å²) in [7, 11) is 0. The number of benzene rings is 2. The number of aromatic nitrogens is 3. The van der Waals surface area contributed by atoms with E-state index in [0.29, 0.717) is 48.0 Å². The summed E-state index contributed by atoms with van der Waals surface area (Å²) in [5.41, 5.74) is -1.72. The van der Waals surface area contributed by atoms with Crippen molar-refractivity contribution in [2.45, 2.75) is 62.1 Å². The van der Waals surface area contributed by atoms with Gasteiger partial charge in [0.05, 0.1) is 27.5 Å². The maximum Gasteiger partial charge on any atom is 0.319 e. The topological polar surface area (TPSA) is 86.6 Å². The first kappa shape index (κ1) is 29.0. The lowest BCUT2D eigenvalue weighted by atomic mass is 9.89. The zero-order chi connectivity index (χ0) is 32.3. The van der Waals surface area contributed by atoms with Gasteiger partial charge >= 0.3 is 6.01 Å². The lowest BCUT2D eigenvalue weighted by molar-refractivity contribution is 0.0647. The van der Waals surface area contributed by atoms with E-state index in [-0.39, 0.29) is 59.2 Å². The van der Waals surface area contributed by atoms with Gasteiger partial charge in [-0.1, -0.05) is 12.0 Å². The van der Waals surface area contributed by atoms with Gasteiger partial charge in [0.15, 0.2) is 5.82 Å². The van der Waals surface area contributed by atoms with E-state index in [0.717, 1.165) is 32.2 Å². The molecule has 12 heteroatoms. The monoisotopic (exact) mass is 644 g/mol. The molecule has 4 saturated heterocycles. The molecular formula is C35H32F4N6O2. The second-order valence-corrected chi connectivity index (χ2v) is 14.1. The number of piperazine rings is 1. The normalized spacial score (nSPS) is 29.1. The quantitative estimate of drug-likeness (QED) is 0.221. The van der Waals surface area contributed by atoms with E-state index in [1.54, 1.807) is 0 Å². The fourth-order valence-electron chi connectivity index (χ4n) is 8.88. The first-order valence-electron chi connectivity index (χ1n) is 16.1. The van der Waals surface area contributed by atoms with Crippen LogP contribution < -0.4 is 15.0 Å². The second kappa shape index (κ2) is 9.90. The lowest BCUT2D eigenvalue weighted by Crippen LogP contribution is -2.51. The number of phenols is 1. The number of hydrogen-bond acceptors (Lipinski definition) is 8. The molecule has 47 heavy (non-hydrogen) atoms. The number of rotatable bonds is 5. The van der Waals surface area contributed by atoms with Crippen LogP contribution in [0.5, 0.6) is 11.8 Å². The summed E-state index contributed by atoms with van der Waals surface area (Å²) in [5.74, 6) is -1.50. The molecule has 9 rings (SSSR count). The molecule has 2 N–H and O–H groups in total. The summed E-state index contributed by atoms with van der Waals surface area (Å²) in [5, 5.41) is 15.6. The summed E-state index contributed by atoms with van der Waals surface area (Å²) in [6.07, 6.45) is 11.0. The number of aromatic hydroxyl groups is 1. The van der Waals surface area contributed by atoms with Crippen LogP contribution in [0.2, 0.25) is 0 Å². The van der Waals surface area contributed by atoms with E-state index >= 15 is 4.39 Å². The Morgan fingerprint density at radius 1 is 1.04 bits per heavy atom. The van der Waals surface area contributed by atoms with Gasteiger partial charge < -0.3 is 20.1 Å². The van der Waals surface area contributed by atoms with Gasteiger partial charge in [0, 0.05) is 49.7 Å². The summed E-state index contributed by atoms with van der Waals surface area (Å²) in [6, 6.07) is 5.93. The van der Waals surface area contributed by atoms with Crippen molar-refractivity contribution in [3.63, 3.8) is 0 Å². The molecule has 4 aliphatic heterocycles. The van der Waals surface area contributed by atoms with Crippen LogP contribution in [0.1, 0.15) is 44.1 Å². The Labute approximate surface area is 268 Å².